The third-order valence-electron chi connectivity index (χ3n) is 3.75. The van der Waals surface area contributed by atoms with Crippen LogP contribution in [0.25, 0.3) is 0 Å². The highest BCUT2D eigenvalue weighted by atomic mass is 32.2. The fourth-order valence-corrected chi connectivity index (χ4v) is 4.17. The molecule has 2 heteroatoms. The number of hydrogen-bond donors (Lipinski definition) is 1. The molecule has 2 unspecified atom stereocenters. The largest absolute Gasteiger partial charge is 0.307 e. The molecule has 1 heterocycles. The SMILES string of the molecule is Cc1ccccc1C(C)NC1CSCC(C)(C)C1. The van der Waals surface area contributed by atoms with Gasteiger partial charge in [0.2, 0.25) is 0 Å². The van der Waals surface area contributed by atoms with E-state index in [4.69, 9.17) is 0 Å². The normalized spacial score (nSPS) is 24.8. The van der Waals surface area contributed by atoms with Gasteiger partial charge >= 0.3 is 0 Å². The van der Waals surface area contributed by atoms with Crippen LogP contribution in [0, 0.1) is 12.3 Å². The van der Waals surface area contributed by atoms with Crippen LogP contribution in [0.4, 0.5) is 0 Å². The zero-order valence-corrected chi connectivity index (χ0v) is 12.8. The standard InChI is InChI=1S/C16H25NS/c1-12-7-5-6-8-15(12)13(2)17-14-9-16(3,4)11-18-10-14/h5-8,13-14,17H,9-11H2,1-4H3. The maximum absolute atomic E-state index is 3.81. The number of hydrogen-bond acceptors (Lipinski definition) is 2. The topological polar surface area (TPSA) is 12.0 Å². The number of thioether (sulfide) groups is 1. The van der Waals surface area contributed by atoms with Gasteiger partial charge in [-0.05, 0) is 42.6 Å². The van der Waals surface area contributed by atoms with Gasteiger partial charge in [0, 0.05) is 17.8 Å². The predicted octanol–water partition coefficient (Wildman–Crippen LogP) is 4.18. The molecule has 0 radical (unpaired) electrons. The minimum atomic E-state index is 0.450. The van der Waals surface area contributed by atoms with Crippen LogP contribution in [-0.4, -0.2) is 17.5 Å². The highest BCUT2D eigenvalue weighted by molar-refractivity contribution is 7.99. The Kier molecular flexibility index (Phi) is 4.39. The molecule has 1 aliphatic heterocycles. The van der Waals surface area contributed by atoms with Crippen LogP contribution in [0.3, 0.4) is 0 Å². The third-order valence-corrected chi connectivity index (χ3v) is 5.38. The summed E-state index contributed by atoms with van der Waals surface area (Å²) in [7, 11) is 0. The highest BCUT2D eigenvalue weighted by Crippen LogP contribution is 2.34. The molecule has 100 valence electrons. The molecule has 2 rings (SSSR count). The van der Waals surface area contributed by atoms with Gasteiger partial charge < -0.3 is 5.32 Å². The molecule has 0 aromatic heterocycles. The lowest BCUT2D eigenvalue weighted by molar-refractivity contribution is 0.305. The lowest BCUT2D eigenvalue weighted by Crippen LogP contribution is -2.41. The molecule has 1 aromatic carbocycles. The number of nitrogens with one attached hydrogen (secondary N) is 1. The summed E-state index contributed by atoms with van der Waals surface area (Å²) in [4.78, 5) is 0. The van der Waals surface area contributed by atoms with Crippen molar-refractivity contribution < 1.29 is 0 Å². The van der Waals surface area contributed by atoms with Crippen LogP contribution in [0.5, 0.6) is 0 Å². The van der Waals surface area contributed by atoms with E-state index in [2.05, 4.69) is 69.0 Å². The minimum absolute atomic E-state index is 0.450. The molecule has 0 saturated carbocycles. The van der Waals surface area contributed by atoms with E-state index in [0.29, 0.717) is 17.5 Å². The van der Waals surface area contributed by atoms with Crippen molar-refractivity contribution in [1.29, 1.82) is 0 Å². The summed E-state index contributed by atoms with van der Waals surface area (Å²) in [5, 5.41) is 3.81. The van der Waals surface area contributed by atoms with Crippen molar-refractivity contribution in [3.05, 3.63) is 35.4 Å². The first-order valence-corrected chi connectivity index (χ1v) is 8.03. The maximum atomic E-state index is 3.81. The first-order valence-electron chi connectivity index (χ1n) is 6.87. The van der Waals surface area contributed by atoms with E-state index in [1.165, 1.54) is 29.1 Å². The van der Waals surface area contributed by atoms with E-state index in [1.54, 1.807) is 0 Å². The van der Waals surface area contributed by atoms with Gasteiger partial charge in [0.1, 0.15) is 0 Å². The van der Waals surface area contributed by atoms with Crippen molar-refractivity contribution in [3.8, 4) is 0 Å². The van der Waals surface area contributed by atoms with E-state index in [9.17, 15) is 0 Å². The molecule has 1 saturated heterocycles. The second-order valence-electron chi connectivity index (χ2n) is 6.33. The first kappa shape index (κ1) is 14.0. The van der Waals surface area contributed by atoms with Gasteiger partial charge in [0.15, 0.2) is 0 Å². The molecule has 1 aliphatic rings. The van der Waals surface area contributed by atoms with Gasteiger partial charge in [-0.25, -0.2) is 0 Å². The summed E-state index contributed by atoms with van der Waals surface area (Å²) in [5.41, 5.74) is 3.30. The Morgan fingerprint density at radius 2 is 2.06 bits per heavy atom. The van der Waals surface area contributed by atoms with E-state index in [-0.39, 0.29) is 0 Å². The lowest BCUT2D eigenvalue weighted by Gasteiger charge is -2.36. The molecule has 0 spiro atoms. The highest BCUT2D eigenvalue weighted by Gasteiger charge is 2.29. The zero-order valence-electron chi connectivity index (χ0n) is 12.0. The van der Waals surface area contributed by atoms with Gasteiger partial charge in [-0.1, -0.05) is 38.1 Å². The Hall–Kier alpha value is -0.470. The van der Waals surface area contributed by atoms with Crippen LogP contribution >= 0.6 is 11.8 Å². The monoisotopic (exact) mass is 263 g/mol. The van der Waals surface area contributed by atoms with E-state index in [1.807, 2.05) is 0 Å². The molecular formula is C16H25NS. The van der Waals surface area contributed by atoms with Crippen molar-refractivity contribution in [2.45, 2.75) is 46.2 Å². The van der Waals surface area contributed by atoms with Crippen LogP contribution < -0.4 is 5.32 Å². The summed E-state index contributed by atoms with van der Waals surface area (Å²) in [6, 6.07) is 9.80. The van der Waals surface area contributed by atoms with Crippen molar-refractivity contribution in [2.75, 3.05) is 11.5 Å². The number of benzene rings is 1. The fourth-order valence-electron chi connectivity index (χ4n) is 2.89. The van der Waals surface area contributed by atoms with Gasteiger partial charge in [-0.15, -0.1) is 0 Å². The van der Waals surface area contributed by atoms with Crippen LogP contribution in [0.2, 0.25) is 0 Å². The molecule has 1 aromatic rings. The molecule has 0 amide bonds. The van der Waals surface area contributed by atoms with Crippen LogP contribution in [0.1, 0.15) is 44.4 Å². The summed E-state index contributed by atoms with van der Waals surface area (Å²) < 4.78 is 0. The zero-order chi connectivity index (χ0) is 13.2. The molecular weight excluding hydrogens is 238 g/mol. The quantitative estimate of drug-likeness (QED) is 0.878. The molecule has 1 N–H and O–H groups in total. The van der Waals surface area contributed by atoms with Gasteiger partial charge in [-0.3, -0.25) is 0 Å². The summed E-state index contributed by atoms with van der Waals surface area (Å²) in [6.07, 6.45) is 1.29. The van der Waals surface area contributed by atoms with E-state index in [0.717, 1.165) is 0 Å². The van der Waals surface area contributed by atoms with E-state index < -0.39 is 0 Å². The van der Waals surface area contributed by atoms with Gasteiger partial charge in [-0.2, -0.15) is 11.8 Å². The molecule has 2 atom stereocenters. The van der Waals surface area contributed by atoms with Crippen molar-refractivity contribution in [2.24, 2.45) is 5.41 Å². The van der Waals surface area contributed by atoms with Crippen molar-refractivity contribution in [3.63, 3.8) is 0 Å². The lowest BCUT2D eigenvalue weighted by atomic mass is 9.87. The third kappa shape index (κ3) is 3.52. The first-order chi connectivity index (χ1) is 8.48. The maximum Gasteiger partial charge on any atom is 0.0297 e. The molecule has 0 aliphatic carbocycles. The van der Waals surface area contributed by atoms with E-state index >= 15 is 0 Å². The molecule has 0 bridgehead atoms. The summed E-state index contributed by atoms with van der Waals surface area (Å²) in [5.74, 6) is 2.55. The fraction of sp³-hybridized carbons (Fsp3) is 0.625. The minimum Gasteiger partial charge on any atom is -0.307 e. The van der Waals surface area contributed by atoms with Crippen LogP contribution in [-0.2, 0) is 0 Å². The van der Waals surface area contributed by atoms with Crippen LogP contribution in [0.15, 0.2) is 24.3 Å². The summed E-state index contributed by atoms with van der Waals surface area (Å²) >= 11 is 2.09. The molecule has 1 nitrogen and oxygen atoms in total. The van der Waals surface area contributed by atoms with Gasteiger partial charge in [0.05, 0.1) is 0 Å². The number of rotatable bonds is 3. The average molecular weight is 263 g/mol. The Morgan fingerprint density at radius 3 is 2.72 bits per heavy atom. The Balaban J connectivity index is 1.99. The second-order valence-corrected chi connectivity index (χ2v) is 7.36. The Morgan fingerprint density at radius 1 is 1.33 bits per heavy atom. The van der Waals surface area contributed by atoms with Gasteiger partial charge in [0.25, 0.3) is 0 Å². The number of aryl methyl sites for hydroxylation is 1. The van der Waals surface area contributed by atoms with Crippen molar-refractivity contribution >= 4 is 11.8 Å². The molecule has 1 fully saturated rings. The predicted molar refractivity (Wildman–Crippen MR) is 82.2 cm³/mol. The average Bonchev–Trinajstić information content (AvgIpc) is 2.28. The molecule has 18 heavy (non-hydrogen) atoms. The second kappa shape index (κ2) is 5.66. The Bertz CT molecular complexity index is 400. The summed E-state index contributed by atoms with van der Waals surface area (Å²) in [6.45, 7) is 9.25. The Labute approximate surface area is 116 Å². The smallest absolute Gasteiger partial charge is 0.0297 e. The van der Waals surface area contributed by atoms with Crippen molar-refractivity contribution in [1.82, 2.24) is 5.32 Å².